The molecule has 0 aromatic heterocycles. The van der Waals surface area contributed by atoms with Gasteiger partial charge in [0.05, 0.1) is 10.8 Å². The van der Waals surface area contributed by atoms with Gasteiger partial charge in [-0.15, -0.1) is 0 Å². The van der Waals surface area contributed by atoms with E-state index in [9.17, 15) is 4.21 Å². The Morgan fingerprint density at radius 1 is 1.60 bits per heavy atom. The van der Waals surface area contributed by atoms with E-state index in [1.54, 1.807) is 0 Å². The third-order valence-electron chi connectivity index (χ3n) is 1.67. The van der Waals surface area contributed by atoms with Gasteiger partial charge in [0.2, 0.25) is 3.79 Å². The lowest BCUT2D eigenvalue weighted by atomic mass is 10.4. The molecular weight excluding hydrogens is 299 g/mol. The zero-order valence-electron chi connectivity index (χ0n) is 8.00. The molecule has 15 heavy (non-hydrogen) atoms. The second-order valence-electron chi connectivity index (χ2n) is 2.93. The molecule has 0 aromatic carbocycles. The van der Waals surface area contributed by atoms with Crippen LogP contribution in [0.1, 0.15) is 19.8 Å². The molecule has 0 aromatic rings. The average Bonchev–Trinajstić information content (AvgIpc) is 2.62. The molecule has 0 aliphatic carbocycles. The Morgan fingerprint density at radius 3 is 2.73 bits per heavy atom. The monoisotopic (exact) mass is 308 g/mol. The highest BCUT2D eigenvalue weighted by Crippen LogP contribution is 2.37. The van der Waals surface area contributed by atoms with Gasteiger partial charge in [0.1, 0.15) is 5.04 Å². The molecule has 2 unspecified atom stereocenters. The molecule has 0 saturated heterocycles. The van der Waals surface area contributed by atoms with Crippen molar-refractivity contribution in [3.8, 4) is 0 Å². The summed E-state index contributed by atoms with van der Waals surface area (Å²) in [5.74, 6) is 0.643. The van der Waals surface area contributed by atoms with Gasteiger partial charge in [-0.05, 0) is 6.42 Å². The summed E-state index contributed by atoms with van der Waals surface area (Å²) in [4.78, 5) is 0. The largest absolute Gasteiger partial charge is 0.283 e. The van der Waals surface area contributed by atoms with Crippen LogP contribution in [0.25, 0.3) is 0 Å². The molecule has 0 saturated carbocycles. The van der Waals surface area contributed by atoms with Crippen LogP contribution in [-0.2, 0) is 10.8 Å². The van der Waals surface area contributed by atoms with Gasteiger partial charge in [-0.3, -0.25) is 9.63 Å². The van der Waals surface area contributed by atoms with Gasteiger partial charge >= 0.3 is 0 Å². The van der Waals surface area contributed by atoms with Crippen molar-refractivity contribution < 1.29 is 4.21 Å². The Hall–Kier alpha value is 0.840. The minimum absolute atomic E-state index is 0.290. The van der Waals surface area contributed by atoms with Crippen LogP contribution in [0.4, 0.5) is 0 Å². The van der Waals surface area contributed by atoms with E-state index >= 15 is 0 Å². The maximum atomic E-state index is 11.7. The zero-order valence-corrected chi connectivity index (χ0v) is 11.9. The highest BCUT2D eigenvalue weighted by atomic mass is 35.6. The van der Waals surface area contributed by atoms with Gasteiger partial charge in [0, 0.05) is 5.75 Å². The average molecular weight is 310 g/mol. The summed E-state index contributed by atoms with van der Waals surface area (Å²) in [6.45, 7) is 2.05. The number of halogens is 3. The van der Waals surface area contributed by atoms with Crippen LogP contribution < -0.4 is 5.43 Å². The normalized spacial score (nSPS) is 23.5. The molecule has 3 nitrogen and oxygen atoms in total. The number of thioether (sulfide) groups is 1. The van der Waals surface area contributed by atoms with Gasteiger partial charge in [0.25, 0.3) is 0 Å². The van der Waals surface area contributed by atoms with Crippen LogP contribution in [0.2, 0.25) is 0 Å². The number of alkyl halides is 3. The van der Waals surface area contributed by atoms with Crippen molar-refractivity contribution >= 4 is 62.4 Å². The number of nitrogens with one attached hydrogen (secondary N) is 1. The summed E-state index contributed by atoms with van der Waals surface area (Å²) < 4.78 is 9.89. The Balaban J connectivity index is 2.43. The molecule has 1 N–H and O–H groups in total. The van der Waals surface area contributed by atoms with E-state index in [0.29, 0.717) is 10.8 Å². The highest BCUT2D eigenvalue weighted by molar-refractivity contribution is 8.22. The first-order valence-corrected chi connectivity index (χ1v) is 7.79. The number of unbranched alkanes of at least 4 members (excludes halogenated alkanes) is 1. The first kappa shape index (κ1) is 13.9. The van der Waals surface area contributed by atoms with Gasteiger partial charge in [-0.1, -0.05) is 59.9 Å². The van der Waals surface area contributed by atoms with E-state index in [1.807, 2.05) is 0 Å². The van der Waals surface area contributed by atoms with Crippen molar-refractivity contribution in [2.45, 2.75) is 28.3 Å². The smallest absolute Gasteiger partial charge is 0.240 e. The summed E-state index contributed by atoms with van der Waals surface area (Å²) in [6.07, 6.45) is 1.94. The van der Waals surface area contributed by atoms with Crippen LogP contribution >= 0.6 is 46.6 Å². The molecule has 0 spiro atoms. The molecule has 8 heteroatoms. The van der Waals surface area contributed by atoms with Crippen molar-refractivity contribution in [3.63, 3.8) is 0 Å². The summed E-state index contributed by atoms with van der Waals surface area (Å²) >= 11 is 18.2. The van der Waals surface area contributed by atoms with Crippen molar-refractivity contribution in [1.82, 2.24) is 5.43 Å². The van der Waals surface area contributed by atoms with Gasteiger partial charge in [0.15, 0.2) is 4.71 Å². The van der Waals surface area contributed by atoms with Crippen molar-refractivity contribution in [3.05, 3.63) is 0 Å². The SMILES string of the molecule is CCCCS(=O)C1NN=C(C(Cl)(Cl)Cl)S1. The summed E-state index contributed by atoms with van der Waals surface area (Å²) in [6, 6.07) is 0. The Bertz CT molecular complexity index is 280. The molecule has 0 fully saturated rings. The Kier molecular flexibility index (Phi) is 5.52. The zero-order chi connectivity index (χ0) is 11.5. The number of hydrazone groups is 1. The molecule has 88 valence electrons. The second kappa shape index (κ2) is 5.96. The highest BCUT2D eigenvalue weighted by Gasteiger charge is 2.36. The summed E-state index contributed by atoms with van der Waals surface area (Å²) in [5.41, 5.74) is 2.72. The van der Waals surface area contributed by atoms with Crippen molar-refractivity contribution in [2.24, 2.45) is 5.10 Å². The number of nitrogens with zero attached hydrogens (tertiary/aromatic N) is 1. The van der Waals surface area contributed by atoms with Gasteiger partial charge in [-0.2, -0.15) is 5.10 Å². The van der Waals surface area contributed by atoms with E-state index in [-0.39, 0.29) is 4.71 Å². The molecule has 2 atom stereocenters. The minimum Gasteiger partial charge on any atom is -0.283 e. The fourth-order valence-electron chi connectivity index (χ4n) is 0.902. The van der Waals surface area contributed by atoms with Gasteiger partial charge in [-0.25, -0.2) is 0 Å². The lowest BCUT2D eigenvalue weighted by Gasteiger charge is -2.10. The quantitative estimate of drug-likeness (QED) is 0.812. The first-order chi connectivity index (χ1) is 6.95. The number of rotatable bonds is 4. The van der Waals surface area contributed by atoms with Crippen molar-refractivity contribution in [2.75, 3.05) is 5.75 Å². The van der Waals surface area contributed by atoms with Crippen LogP contribution in [0.15, 0.2) is 5.10 Å². The van der Waals surface area contributed by atoms with Crippen LogP contribution in [0.3, 0.4) is 0 Å². The maximum absolute atomic E-state index is 11.7. The van der Waals surface area contributed by atoms with E-state index in [4.69, 9.17) is 34.8 Å². The molecular formula is C7H11Cl3N2OS2. The predicted molar refractivity (Wildman–Crippen MR) is 70.2 cm³/mol. The molecule has 1 rings (SSSR count). The molecule has 0 bridgehead atoms. The summed E-state index contributed by atoms with van der Waals surface area (Å²) in [5, 5.41) is 4.21. The number of hydrogen-bond acceptors (Lipinski definition) is 4. The predicted octanol–water partition coefficient (Wildman–Crippen LogP) is 2.84. The standard InChI is InChI=1S/C7H11Cl3N2OS2/c1-2-3-4-15(13)6-12-11-5(14-6)7(8,9)10/h6,12H,2-4H2,1H3. The molecule has 0 radical (unpaired) electrons. The van der Waals surface area contributed by atoms with E-state index in [1.165, 1.54) is 11.8 Å². The molecule has 1 heterocycles. The van der Waals surface area contributed by atoms with Crippen molar-refractivity contribution in [1.29, 1.82) is 0 Å². The molecule has 1 aliphatic rings. The fourth-order valence-corrected chi connectivity index (χ4v) is 3.93. The molecule has 1 aliphatic heterocycles. The van der Waals surface area contributed by atoms with Crippen LogP contribution in [0, 0.1) is 0 Å². The van der Waals surface area contributed by atoms with E-state index in [0.717, 1.165) is 12.8 Å². The minimum atomic E-state index is -1.53. The lowest BCUT2D eigenvalue weighted by Crippen LogP contribution is -2.24. The Labute approximate surface area is 111 Å². The van der Waals surface area contributed by atoms with E-state index < -0.39 is 14.6 Å². The molecule has 0 amide bonds. The van der Waals surface area contributed by atoms with Crippen LogP contribution in [-0.4, -0.2) is 23.5 Å². The van der Waals surface area contributed by atoms with Crippen LogP contribution in [0.5, 0.6) is 0 Å². The van der Waals surface area contributed by atoms with E-state index in [2.05, 4.69) is 17.5 Å². The fraction of sp³-hybridized carbons (Fsp3) is 0.857. The summed E-state index contributed by atoms with van der Waals surface area (Å²) in [7, 11) is -0.989. The topological polar surface area (TPSA) is 41.5 Å². The number of hydrogen-bond donors (Lipinski definition) is 1. The maximum Gasteiger partial charge on any atom is 0.240 e. The lowest BCUT2D eigenvalue weighted by molar-refractivity contribution is 0.669. The second-order valence-corrected chi connectivity index (χ2v) is 8.25. The Morgan fingerprint density at radius 2 is 2.27 bits per heavy atom. The third kappa shape index (κ3) is 4.30. The van der Waals surface area contributed by atoms with Gasteiger partial charge < -0.3 is 0 Å². The third-order valence-corrected chi connectivity index (χ3v) is 5.69. The first-order valence-electron chi connectivity index (χ1n) is 4.39.